The number of hydrogen-bond acceptors (Lipinski definition) is 11. The number of esters is 1. The van der Waals surface area contributed by atoms with Gasteiger partial charge in [-0.25, -0.2) is 9.24 Å². The van der Waals surface area contributed by atoms with E-state index >= 15 is 0 Å². The summed E-state index contributed by atoms with van der Waals surface area (Å²) in [6.07, 6.45) is -4.14. The van der Waals surface area contributed by atoms with E-state index in [4.69, 9.17) is 29.0 Å². The van der Waals surface area contributed by atoms with Crippen molar-refractivity contribution < 1.29 is 42.8 Å². The number of nitrogens with two attached hydrogens (primary N) is 1. The van der Waals surface area contributed by atoms with E-state index in [9.17, 15) is 19.6 Å². The average Bonchev–Trinajstić information content (AvgIpc) is 3.58. The van der Waals surface area contributed by atoms with Crippen molar-refractivity contribution >= 4 is 37.0 Å². The summed E-state index contributed by atoms with van der Waals surface area (Å²) in [7, 11) is -1.38. The second-order valence-corrected chi connectivity index (χ2v) is 13.3. The zero-order valence-electron chi connectivity index (χ0n) is 26.7. The van der Waals surface area contributed by atoms with Gasteiger partial charge in [0.05, 0.1) is 17.9 Å². The smallest absolute Gasteiger partial charge is 0.459 e. The first-order valence-electron chi connectivity index (χ1n) is 14.6. The largest absolute Gasteiger partial charge is 0.461 e. The molecule has 46 heavy (non-hydrogen) atoms. The maximum atomic E-state index is 14.3. The standard InChI is InChI=1S/C31H42N5O9P/c1-19(29(39)42-18-30(2,3)41-7)35-46(40,45-23-14-10-12-20-11-8-9-13-21(20)23)43-17-24-26(37)27(38)31(4,44-24)25-16-15-22(28(32)33-5)36(25)34-6/h8-16,19,24,26-27,37-38H,6,17-18H2,1-5,7H3,(H2,32,33)(H,35,40)/t19-,24+,26+,27+,31-,46?/m0/s1. The average molecular weight is 660 g/mol. The van der Waals surface area contributed by atoms with Crippen molar-refractivity contribution in [3.05, 3.63) is 66.0 Å². The number of methoxy groups -OCH3 is 1. The van der Waals surface area contributed by atoms with E-state index in [1.807, 2.05) is 18.2 Å². The number of hydrogen-bond donors (Lipinski definition) is 4. The van der Waals surface area contributed by atoms with Gasteiger partial charge in [-0.15, -0.1) is 0 Å². The van der Waals surface area contributed by atoms with Gasteiger partial charge in [-0.1, -0.05) is 36.4 Å². The highest BCUT2D eigenvalue weighted by atomic mass is 31.2. The summed E-state index contributed by atoms with van der Waals surface area (Å²) in [6, 6.07) is 14.6. The zero-order valence-corrected chi connectivity index (χ0v) is 27.6. The molecule has 5 N–H and O–H groups in total. The van der Waals surface area contributed by atoms with E-state index in [2.05, 4.69) is 21.9 Å². The zero-order chi connectivity index (χ0) is 33.9. The van der Waals surface area contributed by atoms with Gasteiger partial charge >= 0.3 is 13.7 Å². The van der Waals surface area contributed by atoms with Crippen LogP contribution < -0.4 is 15.3 Å². The van der Waals surface area contributed by atoms with E-state index < -0.39 is 55.9 Å². The quantitative estimate of drug-likeness (QED) is 0.0862. The fourth-order valence-electron chi connectivity index (χ4n) is 4.98. The maximum absolute atomic E-state index is 14.3. The highest BCUT2D eigenvalue weighted by molar-refractivity contribution is 7.52. The summed E-state index contributed by atoms with van der Waals surface area (Å²) in [6.45, 7) is 9.53. The lowest BCUT2D eigenvalue weighted by atomic mass is 9.93. The number of carbonyl (C=O) groups excluding carboxylic acids is 1. The molecule has 0 saturated carbocycles. The second-order valence-electron chi connectivity index (χ2n) is 11.6. The number of amidine groups is 1. The SMILES string of the molecule is C=Nn1c(/C(N)=N\C)ccc1[C@]1(C)O[C@H](COP(=O)(N[C@@H](C)C(=O)OCC(C)(C)OC)Oc2cccc3ccccc23)[C@@H](O)[C@H]1O. The van der Waals surface area contributed by atoms with Gasteiger partial charge < -0.3 is 34.7 Å². The number of aromatic nitrogens is 1. The summed E-state index contributed by atoms with van der Waals surface area (Å²) in [5.41, 5.74) is 4.48. The molecular formula is C31H42N5O9P. The molecule has 1 saturated heterocycles. The van der Waals surface area contributed by atoms with Gasteiger partial charge in [-0.2, -0.15) is 10.2 Å². The predicted octanol–water partition coefficient (Wildman–Crippen LogP) is 2.93. The van der Waals surface area contributed by atoms with Gasteiger partial charge in [-0.05, 0) is 51.3 Å². The Hall–Kier alpha value is -3.62. The van der Waals surface area contributed by atoms with E-state index in [0.29, 0.717) is 16.8 Å². The highest BCUT2D eigenvalue weighted by Crippen LogP contribution is 2.48. The number of aliphatic hydroxyl groups is 2. The number of rotatable bonds is 14. The van der Waals surface area contributed by atoms with Crippen molar-refractivity contribution in [2.45, 2.75) is 63.3 Å². The molecule has 3 aromatic rings. The third-order valence-corrected chi connectivity index (χ3v) is 9.50. The van der Waals surface area contributed by atoms with Crippen molar-refractivity contribution in [3.63, 3.8) is 0 Å². The van der Waals surface area contributed by atoms with Crippen LogP contribution in [0, 0.1) is 0 Å². The Balaban J connectivity index is 1.59. The first kappa shape index (κ1) is 35.2. The van der Waals surface area contributed by atoms with E-state index in [1.165, 1.54) is 25.8 Å². The summed E-state index contributed by atoms with van der Waals surface area (Å²) < 4.78 is 44.3. The van der Waals surface area contributed by atoms with Crippen LogP contribution in [0.4, 0.5) is 0 Å². The Morgan fingerprint density at radius 1 is 1.22 bits per heavy atom. The van der Waals surface area contributed by atoms with Gasteiger partial charge in [-0.3, -0.25) is 14.3 Å². The lowest BCUT2D eigenvalue weighted by molar-refractivity contribution is -0.153. The molecule has 15 heteroatoms. The minimum Gasteiger partial charge on any atom is -0.461 e. The van der Waals surface area contributed by atoms with Gasteiger partial charge in [0.25, 0.3) is 0 Å². The molecule has 1 aliphatic heterocycles. The van der Waals surface area contributed by atoms with Gasteiger partial charge in [0.15, 0.2) is 0 Å². The predicted molar refractivity (Wildman–Crippen MR) is 173 cm³/mol. The van der Waals surface area contributed by atoms with Crippen LogP contribution in [0.2, 0.25) is 0 Å². The lowest BCUT2D eigenvalue weighted by Crippen LogP contribution is -2.40. The molecule has 1 aromatic heterocycles. The molecule has 1 aliphatic rings. The summed E-state index contributed by atoms with van der Waals surface area (Å²) in [5, 5.41) is 30.3. The second kappa shape index (κ2) is 14.0. The van der Waals surface area contributed by atoms with E-state index in [0.717, 1.165) is 5.39 Å². The van der Waals surface area contributed by atoms with Gasteiger partial charge in [0.1, 0.15) is 53.8 Å². The number of nitrogens with zero attached hydrogens (tertiary/aromatic N) is 3. The van der Waals surface area contributed by atoms with Crippen LogP contribution in [0.1, 0.15) is 39.1 Å². The highest BCUT2D eigenvalue weighted by Gasteiger charge is 2.54. The fourth-order valence-corrected chi connectivity index (χ4v) is 6.50. The first-order valence-corrected chi connectivity index (χ1v) is 16.1. The molecule has 0 aliphatic carbocycles. The molecule has 0 amide bonds. The van der Waals surface area contributed by atoms with Crippen LogP contribution in [0.5, 0.6) is 5.75 Å². The Kier molecular flexibility index (Phi) is 10.7. The number of carbonyl (C=O) groups is 1. The van der Waals surface area contributed by atoms with Crippen LogP contribution in [0.3, 0.4) is 0 Å². The Morgan fingerprint density at radius 3 is 2.59 bits per heavy atom. The minimum atomic E-state index is -4.39. The Labute approximate surface area is 267 Å². The summed E-state index contributed by atoms with van der Waals surface area (Å²) >= 11 is 0. The van der Waals surface area contributed by atoms with E-state index in [-0.39, 0.29) is 18.2 Å². The van der Waals surface area contributed by atoms with Crippen LogP contribution >= 0.6 is 7.75 Å². The molecule has 0 bridgehead atoms. The van der Waals surface area contributed by atoms with Crippen molar-refractivity contribution in [2.75, 3.05) is 27.4 Å². The molecule has 0 spiro atoms. The topological polar surface area (TPSA) is 188 Å². The lowest BCUT2D eigenvalue weighted by Gasteiger charge is -2.28. The number of nitrogens with one attached hydrogen (secondary N) is 1. The van der Waals surface area contributed by atoms with Crippen molar-refractivity contribution in [2.24, 2.45) is 15.8 Å². The van der Waals surface area contributed by atoms with Crippen molar-refractivity contribution in [3.8, 4) is 5.75 Å². The normalized spacial score (nSPS) is 24.0. The number of aliphatic imine (C=N–C) groups is 1. The van der Waals surface area contributed by atoms with Gasteiger partial charge in [0.2, 0.25) is 0 Å². The van der Waals surface area contributed by atoms with Crippen LogP contribution in [-0.2, 0) is 33.7 Å². The molecular weight excluding hydrogens is 617 g/mol. The molecule has 14 nitrogen and oxygen atoms in total. The van der Waals surface area contributed by atoms with Crippen LogP contribution in [0.25, 0.3) is 10.8 Å². The van der Waals surface area contributed by atoms with Crippen molar-refractivity contribution in [1.29, 1.82) is 0 Å². The number of fused-ring (bicyclic) bond motifs is 1. The first-order chi connectivity index (χ1) is 21.7. The summed E-state index contributed by atoms with van der Waals surface area (Å²) in [4.78, 5) is 16.8. The molecule has 0 radical (unpaired) electrons. The number of aliphatic hydroxyl groups excluding tert-OH is 2. The molecule has 2 aromatic carbocycles. The fraction of sp³-hybridized carbons (Fsp3) is 0.452. The van der Waals surface area contributed by atoms with Crippen molar-refractivity contribution in [1.82, 2.24) is 9.76 Å². The third kappa shape index (κ3) is 7.34. The third-order valence-electron chi connectivity index (χ3n) is 7.87. The molecule has 2 heterocycles. The molecule has 6 atom stereocenters. The molecule has 1 unspecified atom stereocenters. The Morgan fingerprint density at radius 2 is 1.91 bits per heavy atom. The Bertz CT molecular complexity index is 1640. The van der Waals surface area contributed by atoms with Crippen LogP contribution in [0.15, 0.2) is 64.7 Å². The number of ether oxygens (including phenoxy) is 3. The summed E-state index contributed by atoms with van der Waals surface area (Å²) in [5.74, 6) is -0.324. The van der Waals surface area contributed by atoms with Gasteiger partial charge in [0, 0.05) is 26.3 Å². The maximum Gasteiger partial charge on any atom is 0.459 e. The molecule has 1 fully saturated rings. The van der Waals surface area contributed by atoms with E-state index in [1.54, 1.807) is 57.2 Å². The molecule has 250 valence electrons. The number of benzene rings is 2. The monoisotopic (exact) mass is 659 g/mol. The minimum absolute atomic E-state index is 0.0545. The van der Waals surface area contributed by atoms with Crippen LogP contribution in [-0.4, -0.2) is 90.7 Å². The molecule has 4 rings (SSSR count).